The van der Waals surface area contributed by atoms with Crippen molar-refractivity contribution in [3.05, 3.63) is 66.0 Å². The molecule has 5 N–H and O–H groups in total. The highest BCUT2D eigenvalue weighted by Crippen LogP contribution is 2.46. The molecule has 3 aromatic rings. The Labute approximate surface area is 333 Å². The van der Waals surface area contributed by atoms with Crippen molar-refractivity contribution in [3.8, 4) is 6.07 Å². The molecule has 1 fully saturated rings. The van der Waals surface area contributed by atoms with Crippen LogP contribution in [0.15, 0.2) is 54.7 Å². The smallest absolute Gasteiger partial charge is 0.397 e. The summed E-state index contributed by atoms with van der Waals surface area (Å²) in [6.45, 7) is 2.90. The number of nitriles is 1. The Morgan fingerprint density at radius 1 is 0.911 bits per heavy atom. The molecule has 1 saturated heterocycles. The number of nitrogens with two attached hydrogens (primary N) is 1. The number of nitrogen functional groups attached to an aromatic ring is 1. The first-order valence-electron chi connectivity index (χ1n) is 20.7. The predicted molar refractivity (Wildman–Crippen MR) is 218 cm³/mol. The Morgan fingerprint density at radius 2 is 1.52 bits per heavy atom. The van der Waals surface area contributed by atoms with E-state index in [2.05, 4.69) is 12.0 Å². The highest BCUT2D eigenvalue weighted by molar-refractivity contribution is 7.47. The second-order valence-corrected chi connectivity index (χ2v) is 16.7. The molecule has 0 radical (unpaired) electrons. The first-order chi connectivity index (χ1) is 27.1. The van der Waals surface area contributed by atoms with Crippen molar-refractivity contribution in [1.29, 1.82) is 5.26 Å². The van der Waals surface area contributed by atoms with Gasteiger partial charge in [0.15, 0.2) is 0 Å². The number of unbranched alkanes of at least 4 members (excludes halogenated alkanes) is 15. The highest BCUT2D eigenvalue weighted by atomic mass is 31.2. The van der Waals surface area contributed by atoms with Crippen molar-refractivity contribution < 1.29 is 38.2 Å². The van der Waals surface area contributed by atoms with Crippen LogP contribution in [0.2, 0.25) is 0 Å². The number of aromatic nitrogens is 2. The van der Waals surface area contributed by atoms with Crippen LogP contribution < -0.4 is 5.73 Å². The molecule has 6 atom stereocenters. The Hall–Kier alpha value is -2.89. The van der Waals surface area contributed by atoms with Crippen LogP contribution in [0.1, 0.15) is 121 Å². The normalized spacial score (nSPS) is 21.4. The number of ether oxygens (including phenoxy) is 2. The molecule has 0 aliphatic carbocycles. The minimum absolute atomic E-state index is 0.142. The fraction of sp³-hybridized carbons (Fsp3) is 0.667. The van der Waals surface area contributed by atoms with Crippen LogP contribution in [0.5, 0.6) is 0 Å². The van der Waals surface area contributed by atoms with Gasteiger partial charge in [0.25, 0.3) is 0 Å². The summed E-state index contributed by atoms with van der Waals surface area (Å²) in [6, 6.07) is 16.2. The van der Waals surface area contributed by atoms with Crippen molar-refractivity contribution in [2.24, 2.45) is 0 Å². The summed E-state index contributed by atoms with van der Waals surface area (Å²) in [7, 11) is -2.77. The lowest BCUT2D eigenvalue weighted by molar-refractivity contribution is -0.0649. The van der Waals surface area contributed by atoms with Gasteiger partial charge < -0.3 is 30.3 Å². The van der Waals surface area contributed by atoms with E-state index in [0.717, 1.165) is 18.4 Å². The van der Waals surface area contributed by atoms with E-state index >= 15 is 0 Å². The number of phosphoric ester groups is 1. The van der Waals surface area contributed by atoms with Crippen molar-refractivity contribution >= 4 is 19.0 Å². The van der Waals surface area contributed by atoms with E-state index in [-0.39, 0.29) is 24.9 Å². The quantitative estimate of drug-likeness (QED) is 0.0398. The molecule has 0 saturated carbocycles. The van der Waals surface area contributed by atoms with Crippen LogP contribution in [-0.4, -0.2) is 87.4 Å². The minimum Gasteiger partial charge on any atom is -0.397 e. The van der Waals surface area contributed by atoms with Gasteiger partial charge >= 0.3 is 7.82 Å². The molecule has 0 spiro atoms. The summed E-state index contributed by atoms with van der Waals surface area (Å²) in [4.78, 5) is 12.7. The lowest BCUT2D eigenvalue weighted by atomic mass is 9.92. The molecule has 312 valence electrons. The van der Waals surface area contributed by atoms with Gasteiger partial charge in [0, 0.05) is 19.3 Å². The number of likely N-dealkylation sites (N-methyl/N-ethyl adjacent to an activating group) is 1. The van der Waals surface area contributed by atoms with Crippen LogP contribution in [0.25, 0.3) is 5.52 Å². The third kappa shape index (κ3) is 13.9. The van der Waals surface area contributed by atoms with Crippen molar-refractivity contribution in [3.63, 3.8) is 0 Å². The maximum atomic E-state index is 13.1. The van der Waals surface area contributed by atoms with E-state index in [1.807, 2.05) is 48.3 Å². The zero-order valence-corrected chi connectivity index (χ0v) is 34.4. The van der Waals surface area contributed by atoms with E-state index in [9.17, 15) is 24.9 Å². The van der Waals surface area contributed by atoms with Gasteiger partial charge in [-0.25, -0.2) is 9.08 Å². The van der Waals surface area contributed by atoms with Gasteiger partial charge in [0.2, 0.25) is 5.60 Å². The third-order valence-corrected chi connectivity index (χ3v) is 11.7. The standard InChI is InChI=1S/C42H66N5O8P/c1-3-4-5-6-7-8-9-10-11-12-13-14-15-16-17-21-28-52-30-35(46(2)29-34-22-19-18-20-23-34)31-53-56(50,51)54-32-38-40(48)41(49)42(33-43,55-38)39-25-24-37-36(44)26-27-45-47(37)39/h18-20,22-27,35,38,40-41,48-49H,3-17,21,28-32,44H2,1-2H3,(H,50,51)/t35-,38-,40-,41-,42+/m1/s1. The van der Waals surface area contributed by atoms with Gasteiger partial charge in [-0.1, -0.05) is 134 Å². The number of aliphatic hydroxyl groups excluding tert-OH is 2. The molecule has 56 heavy (non-hydrogen) atoms. The molecule has 14 heteroatoms. The number of nitrogens with zero attached hydrogens (tertiary/aromatic N) is 4. The Kier molecular flexibility index (Phi) is 19.7. The van der Waals surface area contributed by atoms with Crippen LogP contribution in [0.4, 0.5) is 5.69 Å². The first kappa shape index (κ1) is 45.8. The SMILES string of the molecule is CCCCCCCCCCCCCCCCCCOC[C@H](COP(=O)(O)OC[C@H]1O[C@@](C#N)(c2ccc3c(N)ccnn23)[C@H](O)[C@@H]1O)N(C)Cc1ccccc1. The van der Waals surface area contributed by atoms with Gasteiger partial charge in [-0.05, 0) is 37.2 Å². The van der Waals surface area contributed by atoms with Crippen molar-refractivity contribution in [2.45, 2.75) is 146 Å². The Balaban J connectivity index is 1.18. The average molecular weight is 800 g/mol. The zero-order valence-electron chi connectivity index (χ0n) is 33.6. The van der Waals surface area contributed by atoms with E-state index < -0.39 is 38.3 Å². The van der Waals surface area contributed by atoms with E-state index in [4.69, 9.17) is 24.3 Å². The molecular weight excluding hydrogens is 733 g/mol. The lowest BCUT2D eigenvalue weighted by Crippen LogP contribution is -2.41. The highest BCUT2D eigenvalue weighted by Gasteiger charge is 2.58. The summed E-state index contributed by atoms with van der Waals surface area (Å²) in [5, 5.41) is 36.3. The third-order valence-electron chi connectivity index (χ3n) is 10.8. The number of anilines is 1. The Morgan fingerprint density at radius 3 is 2.12 bits per heavy atom. The van der Waals surface area contributed by atoms with Crippen LogP contribution in [0, 0.1) is 11.3 Å². The average Bonchev–Trinajstić information content (AvgIpc) is 3.74. The molecule has 13 nitrogen and oxygen atoms in total. The van der Waals surface area contributed by atoms with E-state index in [0.29, 0.717) is 24.4 Å². The fourth-order valence-corrected chi connectivity index (χ4v) is 8.06. The number of rotatable bonds is 29. The monoisotopic (exact) mass is 799 g/mol. The number of phosphoric acid groups is 1. The number of hydrogen-bond acceptors (Lipinski definition) is 11. The maximum absolute atomic E-state index is 13.1. The molecule has 1 aliphatic heterocycles. The second-order valence-electron chi connectivity index (χ2n) is 15.2. The van der Waals surface area contributed by atoms with Gasteiger partial charge in [0.05, 0.1) is 42.8 Å². The van der Waals surface area contributed by atoms with Crippen LogP contribution >= 0.6 is 7.82 Å². The summed E-state index contributed by atoms with van der Waals surface area (Å²) in [5.74, 6) is 0. The maximum Gasteiger partial charge on any atom is 0.472 e. The molecule has 3 heterocycles. The predicted octanol–water partition coefficient (Wildman–Crippen LogP) is 7.67. The zero-order chi connectivity index (χ0) is 40.2. The number of fused-ring (bicyclic) bond motifs is 1. The molecule has 0 amide bonds. The summed E-state index contributed by atoms with van der Waals surface area (Å²) in [5.41, 5.74) is 6.08. The van der Waals surface area contributed by atoms with Gasteiger partial charge in [0.1, 0.15) is 24.4 Å². The van der Waals surface area contributed by atoms with Crippen LogP contribution in [0.3, 0.4) is 0 Å². The number of benzene rings is 1. The number of aliphatic hydroxyl groups is 2. The summed E-state index contributed by atoms with van der Waals surface area (Å²) in [6.07, 6.45) is 17.6. The van der Waals surface area contributed by atoms with Gasteiger partial charge in [-0.15, -0.1) is 0 Å². The minimum atomic E-state index is -4.67. The van der Waals surface area contributed by atoms with E-state index in [1.54, 1.807) is 12.1 Å². The fourth-order valence-electron chi connectivity index (χ4n) is 7.29. The molecular formula is C42H66N5O8P. The lowest BCUT2D eigenvalue weighted by Gasteiger charge is -2.28. The summed E-state index contributed by atoms with van der Waals surface area (Å²) >= 11 is 0. The first-order valence-corrected chi connectivity index (χ1v) is 22.2. The second kappa shape index (κ2) is 24.1. The molecule has 0 bridgehead atoms. The van der Waals surface area contributed by atoms with Crippen molar-refractivity contribution in [1.82, 2.24) is 14.5 Å². The molecule has 1 aromatic carbocycles. The summed E-state index contributed by atoms with van der Waals surface area (Å²) < 4.78 is 37.1. The largest absolute Gasteiger partial charge is 0.472 e. The molecule has 2 aromatic heterocycles. The number of hydrogen-bond donors (Lipinski definition) is 4. The van der Waals surface area contributed by atoms with Crippen LogP contribution in [-0.2, 0) is 35.2 Å². The molecule has 1 aliphatic rings. The molecule has 1 unspecified atom stereocenters. The van der Waals surface area contributed by atoms with Gasteiger partial charge in [-0.3, -0.25) is 13.9 Å². The Bertz CT molecular complexity index is 1640. The van der Waals surface area contributed by atoms with Crippen molar-refractivity contribution in [2.75, 3.05) is 39.2 Å². The van der Waals surface area contributed by atoms with Gasteiger partial charge in [-0.2, -0.15) is 10.4 Å². The topological polar surface area (TPSA) is 185 Å². The van der Waals surface area contributed by atoms with E-state index in [1.165, 1.54) is 107 Å². The molecule has 4 rings (SSSR count).